The maximum absolute atomic E-state index is 15.1. The molecule has 2 atom stereocenters. The lowest BCUT2D eigenvalue weighted by molar-refractivity contribution is -0.138. The van der Waals surface area contributed by atoms with Crippen molar-refractivity contribution in [2.24, 2.45) is 21.8 Å². The summed E-state index contributed by atoms with van der Waals surface area (Å²) in [5, 5.41) is 19.4. The van der Waals surface area contributed by atoms with Crippen LogP contribution in [0.5, 0.6) is 0 Å². The zero-order valence-electron chi connectivity index (χ0n) is 18.6. The summed E-state index contributed by atoms with van der Waals surface area (Å²) in [6, 6.07) is 9.14. The molecule has 4 aliphatic rings. The molecule has 2 aromatic rings. The summed E-state index contributed by atoms with van der Waals surface area (Å²) < 4.78 is 45.2. The predicted molar refractivity (Wildman–Crippen MR) is 131 cm³/mol. The van der Waals surface area contributed by atoms with Gasteiger partial charge >= 0.3 is 6.18 Å². The third kappa shape index (κ3) is 2.93. The van der Waals surface area contributed by atoms with E-state index in [1.54, 1.807) is 54.8 Å². The van der Waals surface area contributed by atoms with Gasteiger partial charge in [0, 0.05) is 28.2 Å². The van der Waals surface area contributed by atoms with Crippen molar-refractivity contribution >= 4 is 22.6 Å². The van der Waals surface area contributed by atoms with Gasteiger partial charge in [0.15, 0.2) is 0 Å². The second kappa shape index (κ2) is 7.90. The Morgan fingerprint density at radius 2 is 1.25 bits per heavy atom. The van der Waals surface area contributed by atoms with Crippen LogP contribution in [0.3, 0.4) is 0 Å². The summed E-state index contributed by atoms with van der Waals surface area (Å²) in [5.74, 6) is -1.18. The van der Waals surface area contributed by atoms with Crippen molar-refractivity contribution in [2.75, 3.05) is 0 Å². The summed E-state index contributed by atoms with van der Waals surface area (Å²) in [6.07, 6.45) is 12.7. The van der Waals surface area contributed by atoms with Gasteiger partial charge in [-0.2, -0.15) is 33.7 Å². The number of halogens is 3. The van der Waals surface area contributed by atoms with Gasteiger partial charge in [0.1, 0.15) is 0 Å². The highest BCUT2D eigenvalue weighted by Gasteiger charge is 2.46. The third-order valence-corrected chi connectivity index (χ3v) is 6.92. The van der Waals surface area contributed by atoms with Crippen molar-refractivity contribution in [1.29, 1.82) is 10.5 Å². The van der Waals surface area contributed by atoms with Gasteiger partial charge in [-0.15, -0.1) is 0 Å². The van der Waals surface area contributed by atoms with E-state index < -0.39 is 23.6 Å². The van der Waals surface area contributed by atoms with Crippen LogP contribution in [-0.2, 0) is 6.18 Å². The number of rotatable bonds is 1. The van der Waals surface area contributed by atoms with E-state index >= 15 is 13.2 Å². The molecular weight excluding hydrogens is 461 g/mol. The maximum atomic E-state index is 15.1. The van der Waals surface area contributed by atoms with Crippen LogP contribution in [0.4, 0.5) is 13.2 Å². The predicted octanol–water partition coefficient (Wildman–Crippen LogP) is 4.73. The van der Waals surface area contributed by atoms with Crippen molar-refractivity contribution < 1.29 is 13.2 Å². The normalized spacial score (nSPS) is 22.9. The minimum Gasteiger partial charge on any atom is -0.177 e. The first-order chi connectivity index (χ1) is 17.5. The number of alkyl halides is 3. The number of nitrogens with zero attached hydrogens (tertiary/aromatic N) is 4. The molecule has 0 spiro atoms. The van der Waals surface area contributed by atoms with E-state index in [1.165, 1.54) is 0 Å². The minimum atomic E-state index is -4.75. The Morgan fingerprint density at radius 3 is 1.81 bits per heavy atom. The molecule has 0 heterocycles. The molecule has 0 radical (unpaired) electrons. The van der Waals surface area contributed by atoms with Crippen molar-refractivity contribution in [2.45, 2.75) is 6.18 Å². The highest BCUT2D eigenvalue weighted by Crippen LogP contribution is 2.42. The van der Waals surface area contributed by atoms with Crippen LogP contribution < -0.4 is 10.4 Å². The molecule has 172 valence electrons. The van der Waals surface area contributed by atoms with E-state index in [2.05, 4.69) is 9.98 Å². The fraction of sp³-hybridized carbons (Fsp3) is 0.103. The van der Waals surface area contributed by atoms with Crippen LogP contribution in [0.25, 0.3) is 22.3 Å². The van der Waals surface area contributed by atoms with E-state index in [9.17, 15) is 10.5 Å². The number of fused-ring (bicyclic) bond motifs is 4. The lowest BCUT2D eigenvalue weighted by Crippen LogP contribution is -2.34. The second-order valence-electron chi connectivity index (χ2n) is 8.66. The molecule has 4 aliphatic carbocycles. The van der Waals surface area contributed by atoms with Crippen LogP contribution in [-0.4, -0.2) is 11.4 Å². The molecular formula is C29H15F3N4. The molecule has 0 bridgehead atoms. The summed E-state index contributed by atoms with van der Waals surface area (Å²) in [4.78, 5) is 8.00. The number of benzene rings is 2. The van der Waals surface area contributed by atoms with Gasteiger partial charge in [-0.25, -0.2) is 0 Å². The smallest absolute Gasteiger partial charge is 0.177 e. The van der Waals surface area contributed by atoms with Crippen LogP contribution >= 0.6 is 0 Å². The van der Waals surface area contributed by atoms with Gasteiger partial charge in [0.05, 0.1) is 17.0 Å². The molecule has 0 N–H and O–H groups in total. The lowest BCUT2D eigenvalue weighted by Gasteiger charge is -2.18. The van der Waals surface area contributed by atoms with Crippen LogP contribution in [0.1, 0.15) is 16.7 Å². The first kappa shape index (κ1) is 21.8. The number of allylic oxidation sites excluding steroid dienone is 8. The number of aliphatic imine (C=N–C) groups is 2. The molecule has 0 fully saturated rings. The molecule has 0 aliphatic heterocycles. The SMILES string of the molecule is N#CN=C1c2c(C(F)(F)F)c3c(c(-c4ccccc4)c2=C2C=CC=CC12)C(=NC#N)C1C=CC=CC=31. The molecule has 36 heavy (non-hydrogen) atoms. The van der Waals surface area contributed by atoms with Gasteiger partial charge in [-0.1, -0.05) is 78.9 Å². The Labute approximate surface area is 204 Å². The molecule has 0 amide bonds. The quantitative estimate of drug-likeness (QED) is 0.559. The second-order valence-corrected chi connectivity index (χ2v) is 8.66. The van der Waals surface area contributed by atoms with Crippen LogP contribution in [0.2, 0.25) is 0 Å². The van der Waals surface area contributed by atoms with Crippen molar-refractivity contribution in [1.82, 2.24) is 0 Å². The highest BCUT2D eigenvalue weighted by molar-refractivity contribution is 6.22. The maximum Gasteiger partial charge on any atom is 0.417 e. The standard InChI is InChI=1S/C29H15F3N4/c30-29(31,32)26-23-18-11-5-7-13-20(18)27(35-14-33)24(23)21(16-8-2-1-3-9-16)22-17-10-4-6-12-19(17)28(25(22)26)36-15-34/h1-13,19-20H. The Kier molecular flexibility index (Phi) is 4.77. The molecule has 2 aromatic carbocycles. The molecule has 2 unspecified atom stereocenters. The lowest BCUT2D eigenvalue weighted by atomic mass is 9.87. The van der Waals surface area contributed by atoms with Gasteiger partial charge in [-0.3, -0.25) is 0 Å². The first-order valence-corrected chi connectivity index (χ1v) is 11.2. The number of hydrogen-bond acceptors (Lipinski definition) is 4. The Bertz CT molecular complexity index is 1730. The topological polar surface area (TPSA) is 72.3 Å². The van der Waals surface area contributed by atoms with Crippen LogP contribution in [0.15, 0.2) is 88.9 Å². The van der Waals surface area contributed by atoms with Gasteiger partial charge < -0.3 is 0 Å². The fourth-order valence-corrected chi connectivity index (χ4v) is 5.72. The zero-order valence-corrected chi connectivity index (χ0v) is 18.6. The summed E-state index contributed by atoms with van der Waals surface area (Å²) in [6.45, 7) is 0. The molecule has 0 saturated heterocycles. The van der Waals surface area contributed by atoms with Gasteiger partial charge in [-0.05, 0) is 27.5 Å². The monoisotopic (exact) mass is 476 g/mol. The molecule has 6 rings (SSSR count). The fourth-order valence-electron chi connectivity index (χ4n) is 5.72. The molecule has 0 aromatic heterocycles. The van der Waals surface area contributed by atoms with Gasteiger partial charge in [0.2, 0.25) is 12.4 Å². The van der Waals surface area contributed by atoms with E-state index in [-0.39, 0.29) is 22.2 Å². The van der Waals surface area contributed by atoms with Crippen LogP contribution in [0, 0.1) is 34.7 Å². The van der Waals surface area contributed by atoms with E-state index in [4.69, 9.17) is 0 Å². The molecule has 7 heteroatoms. The Hall–Kier alpha value is -4.75. The largest absolute Gasteiger partial charge is 0.417 e. The van der Waals surface area contributed by atoms with Gasteiger partial charge in [0.25, 0.3) is 0 Å². The summed E-state index contributed by atoms with van der Waals surface area (Å²) in [5.41, 5.74) is 2.07. The van der Waals surface area contributed by atoms with Crippen molar-refractivity contribution in [3.8, 4) is 23.5 Å². The van der Waals surface area contributed by atoms with E-state index in [0.717, 1.165) is 0 Å². The third-order valence-electron chi connectivity index (χ3n) is 6.92. The average Bonchev–Trinajstić information content (AvgIpc) is 3.37. The highest BCUT2D eigenvalue weighted by atomic mass is 19.4. The van der Waals surface area contributed by atoms with Crippen molar-refractivity contribution in [3.63, 3.8) is 0 Å². The Balaban J connectivity index is 1.97. The van der Waals surface area contributed by atoms with E-state index in [1.807, 2.05) is 36.5 Å². The first-order valence-electron chi connectivity index (χ1n) is 11.2. The minimum absolute atomic E-state index is 0.00227. The average molecular weight is 476 g/mol. The number of hydrogen-bond donors (Lipinski definition) is 0. The summed E-state index contributed by atoms with van der Waals surface area (Å²) >= 11 is 0. The van der Waals surface area contributed by atoms with Crippen molar-refractivity contribution in [3.05, 3.63) is 106 Å². The molecule has 0 saturated carbocycles. The Morgan fingerprint density at radius 1 is 0.694 bits per heavy atom. The van der Waals surface area contributed by atoms with E-state index in [0.29, 0.717) is 33.1 Å². The number of nitriles is 2. The molecule has 4 nitrogen and oxygen atoms in total. The summed E-state index contributed by atoms with van der Waals surface area (Å²) in [7, 11) is 0. The zero-order chi connectivity index (χ0) is 25.0.